The largest absolute Gasteiger partial charge is 0.573 e. The minimum absolute atomic E-state index is 0.162. The van der Waals surface area contributed by atoms with Crippen LogP contribution in [0.1, 0.15) is 24.1 Å². The third-order valence-electron chi connectivity index (χ3n) is 5.81. The van der Waals surface area contributed by atoms with E-state index in [9.17, 15) is 18.0 Å². The highest BCUT2D eigenvalue weighted by atomic mass is 19.4. The number of hydrogen-bond donors (Lipinski definition) is 1. The van der Waals surface area contributed by atoms with E-state index < -0.39 is 6.36 Å². The average Bonchev–Trinajstić information content (AvgIpc) is 3.02. The fourth-order valence-electron chi connectivity index (χ4n) is 3.94. The van der Waals surface area contributed by atoms with Gasteiger partial charge in [0.2, 0.25) is 11.9 Å². The quantitative estimate of drug-likeness (QED) is 0.563. The number of benzene rings is 1. The molecule has 1 amide bonds. The van der Waals surface area contributed by atoms with Gasteiger partial charge in [-0.05, 0) is 57.1 Å². The van der Waals surface area contributed by atoms with Crippen molar-refractivity contribution >= 4 is 28.6 Å². The van der Waals surface area contributed by atoms with E-state index in [1.54, 1.807) is 12.3 Å². The van der Waals surface area contributed by atoms with Gasteiger partial charge < -0.3 is 19.9 Å². The number of anilines is 2. The minimum Gasteiger partial charge on any atom is -0.406 e. The van der Waals surface area contributed by atoms with Crippen LogP contribution >= 0.6 is 0 Å². The van der Waals surface area contributed by atoms with E-state index in [4.69, 9.17) is 0 Å². The Morgan fingerprint density at radius 1 is 1.11 bits per heavy atom. The van der Waals surface area contributed by atoms with Crippen molar-refractivity contribution in [3.63, 3.8) is 0 Å². The molecule has 0 unspecified atom stereocenters. The predicted molar refractivity (Wildman–Crippen MR) is 126 cm³/mol. The molecule has 0 aliphatic carbocycles. The molecule has 3 aromatic rings. The number of aryl methyl sites for hydroxylation is 2. The number of carbonyl (C=O) groups is 1. The van der Waals surface area contributed by atoms with E-state index in [2.05, 4.69) is 41.9 Å². The summed E-state index contributed by atoms with van der Waals surface area (Å²) in [4.78, 5) is 30.7. The van der Waals surface area contributed by atoms with Gasteiger partial charge in [0.25, 0.3) is 0 Å². The van der Waals surface area contributed by atoms with Crippen LogP contribution in [0.4, 0.5) is 24.8 Å². The van der Waals surface area contributed by atoms with Crippen LogP contribution in [0.15, 0.2) is 36.5 Å². The molecule has 1 aliphatic heterocycles. The second kappa shape index (κ2) is 10.4. The van der Waals surface area contributed by atoms with E-state index in [1.807, 2.05) is 6.92 Å². The number of alkyl halides is 3. The molecule has 186 valence electrons. The lowest BCUT2D eigenvalue weighted by Gasteiger charge is -2.21. The van der Waals surface area contributed by atoms with Crippen molar-refractivity contribution in [2.45, 2.75) is 32.5 Å². The number of pyridine rings is 1. The summed E-state index contributed by atoms with van der Waals surface area (Å²) in [6.07, 6.45) is -1.59. The number of hydrogen-bond acceptors (Lipinski definition) is 7. The Labute approximate surface area is 201 Å². The topological polar surface area (TPSA) is 83.5 Å². The van der Waals surface area contributed by atoms with Gasteiger partial charge in [0.1, 0.15) is 5.75 Å². The van der Waals surface area contributed by atoms with Crippen molar-refractivity contribution in [2.75, 3.05) is 43.4 Å². The van der Waals surface area contributed by atoms with E-state index in [-0.39, 0.29) is 18.1 Å². The molecular formula is C24H27F3N6O2. The van der Waals surface area contributed by atoms with Crippen LogP contribution in [0.2, 0.25) is 0 Å². The first kappa shape index (κ1) is 24.6. The van der Waals surface area contributed by atoms with Gasteiger partial charge in [0.15, 0.2) is 5.65 Å². The number of nitrogens with zero attached hydrogens (tertiary/aromatic N) is 5. The summed E-state index contributed by atoms with van der Waals surface area (Å²) in [5, 5.41) is 3.58. The molecule has 4 rings (SSSR count). The molecule has 0 atom stereocenters. The van der Waals surface area contributed by atoms with Gasteiger partial charge in [-0.2, -0.15) is 4.98 Å². The molecule has 35 heavy (non-hydrogen) atoms. The molecule has 1 fully saturated rings. The van der Waals surface area contributed by atoms with Gasteiger partial charge >= 0.3 is 6.36 Å². The SMILES string of the molecule is Cc1nc(N2CCCN(C)CC2)nc2ncc(NC(=O)CCc3ccc(OC(F)(F)F)cc3)cc12. The summed E-state index contributed by atoms with van der Waals surface area (Å²) >= 11 is 0. The third kappa shape index (κ3) is 6.78. The van der Waals surface area contributed by atoms with Gasteiger partial charge in [0, 0.05) is 31.4 Å². The number of nitrogens with one attached hydrogen (secondary N) is 1. The normalized spacial score (nSPS) is 15.2. The van der Waals surface area contributed by atoms with Crippen LogP contribution in [-0.4, -0.2) is 65.3 Å². The predicted octanol–water partition coefficient (Wildman–Crippen LogP) is 3.95. The van der Waals surface area contributed by atoms with Crippen LogP contribution in [-0.2, 0) is 11.2 Å². The van der Waals surface area contributed by atoms with Crippen molar-refractivity contribution in [3.05, 3.63) is 47.8 Å². The summed E-state index contributed by atoms with van der Waals surface area (Å²) < 4.78 is 40.7. The van der Waals surface area contributed by atoms with Crippen LogP contribution in [0.5, 0.6) is 5.75 Å². The molecule has 11 heteroatoms. The highest BCUT2D eigenvalue weighted by Gasteiger charge is 2.31. The zero-order valence-corrected chi connectivity index (χ0v) is 19.6. The first-order valence-electron chi connectivity index (χ1n) is 11.4. The lowest BCUT2D eigenvalue weighted by atomic mass is 10.1. The Bertz CT molecular complexity index is 1190. The van der Waals surface area contributed by atoms with Gasteiger partial charge in [-0.25, -0.2) is 9.97 Å². The summed E-state index contributed by atoms with van der Waals surface area (Å²) in [5.74, 6) is 0.142. The molecule has 0 radical (unpaired) electrons. The van der Waals surface area contributed by atoms with Gasteiger partial charge in [0.05, 0.1) is 17.6 Å². The Hall–Kier alpha value is -3.47. The number of amides is 1. The summed E-state index contributed by atoms with van der Waals surface area (Å²) in [7, 11) is 2.11. The third-order valence-corrected chi connectivity index (χ3v) is 5.81. The van der Waals surface area contributed by atoms with E-state index in [0.29, 0.717) is 23.7 Å². The standard InChI is InChI=1S/C24H27F3N6O2/c1-16-20-14-18(15-28-22(20)31-23(29-16)33-11-3-10-32(2)12-13-33)30-21(34)9-6-17-4-7-19(8-5-17)35-24(25,26)27/h4-5,7-8,14-15H,3,6,9-13H2,1-2H3,(H,30,34). The number of fused-ring (bicyclic) bond motifs is 1. The highest BCUT2D eigenvalue weighted by molar-refractivity contribution is 5.93. The minimum atomic E-state index is -4.73. The number of likely N-dealkylation sites (N-methyl/N-ethyl adjacent to an activating group) is 1. The lowest BCUT2D eigenvalue weighted by molar-refractivity contribution is -0.274. The number of halogens is 3. The molecular weight excluding hydrogens is 461 g/mol. The maximum absolute atomic E-state index is 12.4. The molecule has 0 spiro atoms. The Morgan fingerprint density at radius 2 is 1.89 bits per heavy atom. The zero-order valence-electron chi connectivity index (χ0n) is 19.6. The number of carbonyl (C=O) groups excluding carboxylic acids is 1. The molecule has 1 aliphatic rings. The molecule has 0 bridgehead atoms. The monoisotopic (exact) mass is 488 g/mol. The smallest absolute Gasteiger partial charge is 0.406 e. The number of rotatable bonds is 6. The second-order valence-corrected chi connectivity index (χ2v) is 8.59. The summed E-state index contributed by atoms with van der Waals surface area (Å²) in [5.41, 5.74) is 2.62. The van der Waals surface area contributed by atoms with E-state index in [0.717, 1.165) is 49.2 Å². The van der Waals surface area contributed by atoms with E-state index in [1.165, 1.54) is 24.3 Å². The van der Waals surface area contributed by atoms with Gasteiger partial charge in [-0.1, -0.05) is 12.1 Å². The highest BCUT2D eigenvalue weighted by Crippen LogP contribution is 2.24. The molecule has 2 aromatic heterocycles. The first-order chi connectivity index (χ1) is 16.7. The fourth-order valence-corrected chi connectivity index (χ4v) is 3.94. The molecule has 3 heterocycles. The number of ether oxygens (including phenoxy) is 1. The van der Waals surface area contributed by atoms with Crippen molar-refractivity contribution in [1.29, 1.82) is 0 Å². The van der Waals surface area contributed by atoms with Crippen molar-refractivity contribution < 1.29 is 22.7 Å². The van der Waals surface area contributed by atoms with Gasteiger partial charge in [-0.3, -0.25) is 4.79 Å². The van der Waals surface area contributed by atoms with E-state index >= 15 is 0 Å². The number of aromatic nitrogens is 3. The molecule has 1 N–H and O–H groups in total. The maximum atomic E-state index is 12.4. The lowest BCUT2D eigenvalue weighted by Crippen LogP contribution is -2.30. The Balaban J connectivity index is 1.37. The average molecular weight is 489 g/mol. The molecule has 0 saturated carbocycles. The molecule has 1 aromatic carbocycles. The fraction of sp³-hybridized carbons (Fsp3) is 0.417. The van der Waals surface area contributed by atoms with Crippen molar-refractivity contribution in [2.24, 2.45) is 0 Å². The second-order valence-electron chi connectivity index (χ2n) is 8.59. The van der Waals surface area contributed by atoms with Crippen molar-refractivity contribution in [1.82, 2.24) is 19.9 Å². The Morgan fingerprint density at radius 3 is 2.63 bits per heavy atom. The van der Waals surface area contributed by atoms with Crippen LogP contribution < -0.4 is 15.0 Å². The molecule has 1 saturated heterocycles. The van der Waals surface area contributed by atoms with Crippen molar-refractivity contribution in [3.8, 4) is 5.75 Å². The van der Waals surface area contributed by atoms with Crippen LogP contribution in [0.25, 0.3) is 11.0 Å². The summed E-state index contributed by atoms with van der Waals surface area (Å²) in [6, 6.07) is 7.28. The zero-order chi connectivity index (χ0) is 25.0. The van der Waals surface area contributed by atoms with Crippen LogP contribution in [0.3, 0.4) is 0 Å². The van der Waals surface area contributed by atoms with Crippen LogP contribution in [0, 0.1) is 6.92 Å². The molecule has 8 nitrogen and oxygen atoms in total. The summed E-state index contributed by atoms with van der Waals surface area (Å²) in [6.45, 7) is 5.64. The maximum Gasteiger partial charge on any atom is 0.573 e. The Kier molecular flexibility index (Phi) is 7.34. The van der Waals surface area contributed by atoms with Gasteiger partial charge in [-0.15, -0.1) is 13.2 Å². The first-order valence-corrected chi connectivity index (χ1v) is 11.4.